The van der Waals surface area contributed by atoms with Gasteiger partial charge in [-0.25, -0.2) is 4.99 Å². The Hall–Kier alpha value is -2.13. The Morgan fingerprint density at radius 1 is 1.19 bits per heavy atom. The SMILES string of the molecule is C=C(C)CNC(=NCC(=O)N(C)C)N1CCN(CC(=O)NCCOC)CC1. The van der Waals surface area contributed by atoms with Crippen molar-refractivity contribution in [2.75, 3.05) is 80.2 Å². The molecule has 0 atom stereocenters. The third-order valence-corrected chi connectivity index (χ3v) is 4.08. The summed E-state index contributed by atoms with van der Waals surface area (Å²) in [7, 11) is 5.04. The smallest absolute Gasteiger partial charge is 0.243 e. The van der Waals surface area contributed by atoms with Crippen LogP contribution in [0.2, 0.25) is 0 Å². The van der Waals surface area contributed by atoms with Gasteiger partial charge < -0.3 is 25.2 Å². The Labute approximate surface area is 162 Å². The first-order valence-corrected chi connectivity index (χ1v) is 9.19. The molecular weight excluding hydrogens is 348 g/mol. The number of piperazine rings is 1. The maximum Gasteiger partial charge on any atom is 0.243 e. The number of nitrogens with zero attached hydrogens (tertiary/aromatic N) is 4. The van der Waals surface area contributed by atoms with Crippen molar-refractivity contribution in [3.63, 3.8) is 0 Å². The first kappa shape index (κ1) is 22.9. The van der Waals surface area contributed by atoms with E-state index in [-0.39, 0.29) is 18.4 Å². The summed E-state index contributed by atoms with van der Waals surface area (Å²) in [6.07, 6.45) is 0. The van der Waals surface area contributed by atoms with Crippen molar-refractivity contribution in [3.8, 4) is 0 Å². The van der Waals surface area contributed by atoms with Crippen LogP contribution >= 0.6 is 0 Å². The highest BCUT2D eigenvalue weighted by molar-refractivity contribution is 5.85. The number of rotatable bonds is 9. The fourth-order valence-corrected chi connectivity index (χ4v) is 2.45. The molecule has 1 fully saturated rings. The third kappa shape index (κ3) is 9.39. The second-order valence-corrected chi connectivity index (χ2v) is 6.84. The van der Waals surface area contributed by atoms with Gasteiger partial charge in [0, 0.05) is 60.5 Å². The molecule has 9 heteroatoms. The van der Waals surface area contributed by atoms with Gasteiger partial charge in [0.2, 0.25) is 11.8 Å². The van der Waals surface area contributed by atoms with Gasteiger partial charge in [0.15, 0.2) is 5.96 Å². The van der Waals surface area contributed by atoms with Gasteiger partial charge >= 0.3 is 0 Å². The highest BCUT2D eigenvalue weighted by Crippen LogP contribution is 2.03. The van der Waals surface area contributed by atoms with E-state index < -0.39 is 0 Å². The number of ether oxygens (including phenoxy) is 1. The Bertz CT molecular complexity index is 527. The van der Waals surface area contributed by atoms with Gasteiger partial charge in [-0.15, -0.1) is 0 Å². The number of amides is 2. The van der Waals surface area contributed by atoms with E-state index in [1.807, 2.05) is 6.92 Å². The fraction of sp³-hybridized carbons (Fsp3) is 0.722. The summed E-state index contributed by atoms with van der Waals surface area (Å²) >= 11 is 0. The highest BCUT2D eigenvalue weighted by atomic mass is 16.5. The van der Waals surface area contributed by atoms with Crippen LogP contribution < -0.4 is 10.6 Å². The van der Waals surface area contributed by atoms with Gasteiger partial charge in [0.1, 0.15) is 6.54 Å². The number of hydrogen-bond donors (Lipinski definition) is 2. The molecule has 0 radical (unpaired) electrons. The first-order chi connectivity index (χ1) is 12.8. The predicted octanol–water partition coefficient (Wildman–Crippen LogP) is -1.02. The summed E-state index contributed by atoms with van der Waals surface area (Å²) in [6, 6.07) is 0. The van der Waals surface area contributed by atoms with Gasteiger partial charge in [-0.2, -0.15) is 0 Å². The van der Waals surface area contributed by atoms with Crippen LogP contribution in [0.15, 0.2) is 17.1 Å². The summed E-state index contributed by atoms with van der Waals surface area (Å²) in [5.41, 5.74) is 0.994. The molecule has 2 amide bonds. The number of likely N-dealkylation sites (N-methyl/N-ethyl adjacent to an activating group) is 1. The second kappa shape index (κ2) is 12.3. The standard InChI is InChI=1S/C18H34N6O3/c1-15(2)12-20-18(21-13-17(26)22(3)4)24-9-7-23(8-10-24)14-16(25)19-6-11-27-5/h1,6-14H2,2-5H3,(H,19,25)(H,20,21). The van der Waals surface area contributed by atoms with E-state index in [1.165, 1.54) is 4.90 Å². The van der Waals surface area contributed by atoms with E-state index in [2.05, 4.69) is 32.0 Å². The van der Waals surface area contributed by atoms with Crippen molar-refractivity contribution in [1.29, 1.82) is 0 Å². The van der Waals surface area contributed by atoms with Gasteiger partial charge in [0.25, 0.3) is 0 Å². The molecule has 0 aliphatic carbocycles. The molecule has 0 spiro atoms. The molecule has 1 heterocycles. The van der Waals surface area contributed by atoms with Crippen LogP contribution in [0.1, 0.15) is 6.92 Å². The Morgan fingerprint density at radius 2 is 1.85 bits per heavy atom. The van der Waals surface area contributed by atoms with Crippen LogP contribution in [-0.2, 0) is 14.3 Å². The molecule has 0 saturated carbocycles. The molecule has 1 saturated heterocycles. The van der Waals surface area contributed by atoms with E-state index in [0.29, 0.717) is 32.2 Å². The van der Waals surface area contributed by atoms with Crippen LogP contribution in [0.25, 0.3) is 0 Å². The number of methoxy groups -OCH3 is 1. The molecule has 0 unspecified atom stereocenters. The van der Waals surface area contributed by atoms with E-state index in [1.54, 1.807) is 21.2 Å². The number of nitrogens with one attached hydrogen (secondary N) is 2. The first-order valence-electron chi connectivity index (χ1n) is 9.19. The van der Waals surface area contributed by atoms with Crippen molar-refractivity contribution in [3.05, 3.63) is 12.2 Å². The predicted molar refractivity (Wildman–Crippen MR) is 107 cm³/mol. The lowest BCUT2D eigenvalue weighted by Crippen LogP contribution is -2.54. The Morgan fingerprint density at radius 3 is 2.41 bits per heavy atom. The normalized spacial score (nSPS) is 15.4. The molecule has 1 aliphatic heterocycles. The molecule has 27 heavy (non-hydrogen) atoms. The summed E-state index contributed by atoms with van der Waals surface area (Å²) < 4.78 is 4.93. The van der Waals surface area contributed by atoms with Crippen LogP contribution in [-0.4, -0.2) is 113 Å². The van der Waals surface area contributed by atoms with Crippen LogP contribution in [0.5, 0.6) is 0 Å². The number of hydrogen-bond acceptors (Lipinski definition) is 5. The number of aliphatic imine (C=N–C) groups is 1. The molecule has 0 bridgehead atoms. The molecule has 0 aromatic rings. The molecule has 1 aliphatic rings. The topological polar surface area (TPSA) is 89.5 Å². The van der Waals surface area contributed by atoms with Crippen LogP contribution in [0, 0.1) is 0 Å². The van der Waals surface area contributed by atoms with Gasteiger partial charge in [-0.1, -0.05) is 12.2 Å². The second-order valence-electron chi connectivity index (χ2n) is 6.84. The molecule has 2 N–H and O–H groups in total. The largest absolute Gasteiger partial charge is 0.383 e. The Balaban J connectivity index is 2.54. The van der Waals surface area contributed by atoms with Crippen molar-refractivity contribution < 1.29 is 14.3 Å². The minimum absolute atomic E-state index is 0.00590. The lowest BCUT2D eigenvalue weighted by atomic mass is 10.3. The van der Waals surface area contributed by atoms with E-state index >= 15 is 0 Å². The quantitative estimate of drug-likeness (QED) is 0.230. The maximum atomic E-state index is 11.9. The van der Waals surface area contributed by atoms with Crippen molar-refractivity contribution in [2.45, 2.75) is 6.92 Å². The number of carbonyl (C=O) groups excluding carboxylic acids is 2. The molecule has 154 valence electrons. The average Bonchev–Trinajstić information content (AvgIpc) is 2.62. The number of carbonyl (C=O) groups is 2. The zero-order chi connectivity index (χ0) is 20.2. The van der Waals surface area contributed by atoms with E-state index in [9.17, 15) is 9.59 Å². The minimum atomic E-state index is -0.0454. The lowest BCUT2D eigenvalue weighted by molar-refractivity contribution is -0.127. The van der Waals surface area contributed by atoms with Crippen molar-refractivity contribution in [1.82, 2.24) is 25.3 Å². The average molecular weight is 383 g/mol. The summed E-state index contributed by atoms with van der Waals surface area (Å²) in [5, 5.41) is 6.10. The van der Waals surface area contributed by atoms with Gasteiger partial charge in [-0.3, -0.25) is 14.5 Å². The lowest BCUT2D eigenvalue weighted by Gasteiger charge is -2.36. The summed E-state index contributed by atoms with van der Waals surface area (Å²) in [5.74, 6) is 0.666. The molecule has 0 aromatic heterocycles. The van der Waals surface area contributed by atoms with Gasteiger partial charge in [0.05, 0.1) is 13.2 Å². The zero-order valence-electron chi connectivity index (χ0n) is 17.1. The highest BCUT2D eigenvalue weighted by Gasteiger charge is 2.21. The zero-order valence-corrected chi connectivity index (χ0v) is 17.1. The summed E-state index contributed by atoms with van der Waals surface area (Å²) in [6.45, 7) is 11.0. The maximum absolute atomic E-state index is 11.9. The Kier molecular flexibility index (Phi) is 10.4. The van der Waals surface area contributed by atoms with Gasteiger partial charge in [-0.05, 0) is 6.92 Å². The molecule has 9 nitrogen and oxygen atoms in total. The fourth-order valence-electron chi connectivity index (χ4n) is 2.45. The van der Waals surface area contributed by atoms with Crippen molar-refractivity contribution >= 4 is 17.8 Å². The van der Waals surface area contributed by atoms with E-state index in [0.717, 1.165) is 31.8 Å². The summed E-state index contributed by atoms with van der Waals surface area (Å²) in [4.78, 5) is 34.0. The van der Waals surface area contributed by atoms with E-state index in [4.69, 9.17) is 4.74 Å². The minimum Gasteiger partial charge on any atom is -0.383 e. The number of guanidine groups is 1. The van der Waals surface area contributed by atoms with Crippen LogP contribution in [0.3, 0.4) is 0 Å². The molecule has 1 rings (SSSR count). The third-order valence-electron chi connectivity index (χ3n) is 4.08. The van der Waals surface area contributed by atoms with Crippen LogP contribution in [0.4, 0.5) is 0 Å². The van der Waals surface area contributed by atoms with Crippen molar-refractivity contribution in [2.24, 2.45) is 4.99 Å². The molecular formula is C18H34N6O3. The monoisotopic (exact) mass is 382 g/mol. The molecule has 0 aromatic carbocycles.